The van der Waals surface area contributed by atoms with Crippen LogP contribution in [0.1, 0.15) is 28.2 Å². The Kier molecular flexibility index (Phi) is 6.07. The van der Waals surface area contributed by atoms with Crippen LogP contribution in [0, 0.1) is 5.82 Å². The first kappa shape index (κ1) is 19.7. The van der Waals surface area contributed by atoms with Gasteiger partial charge in [0.25, 0.3) is 5.91 Å². The molecule has 3 rings (SSSR count). The summed E-state index contributed by atoms with van der Waals surface area (Å²) in [5.74, 6) is -0.593. The normalized spacial score (nSPS) is 19.4. The molecular formula is C20H20ClFN2O2S. The van der Waals surface area contributed by atoms with E-state index in [0.29, 0.717) is 29.2 Å². The van der Waals surface area contributed by atoms with Crippen molar-refractivity contribution in [3.8, 4) is 0 Å². The summed E-state index contributed by atoms with van der Waals surface area (Å²) in [5.41, 5.74) is 0.906. The van der Waals surface area contributed by atoms with Crippen molar-refractivity contribution in [2.75, 3.05) is 20.1 Å². The fraction of sp³-hybridized carbons (Fsp3) is 0.300. The van der Waals surface area contributed by atoms with Gasteiger partial charge >= 0.3 is 0 Å². The smallest absolute Gasteiger partial charge is 0.255 e. The van der Waals surface area contributed by atoms with Gasteiger partial charge in [0, 0.05) is 25.7 Å². The molecule has 0 N–H and O–H groups in total. The highest BCUT2D eigenvalue weighted by atomic mass is 35.5. The maximum absolute atomic E-state index is 14.2. The Labute approximate surface area is 167 Å². The van der Waals surface area contributed by atoms with Crippen LogP contribution in [-0.2, 0) is 4.79 Å². The summed E-state index contributed by atoms with van der Waals surface area (Å²) in [6.07, 6.45) is 0. The van der Waals surface area contributed by atoms with E-state index >= 15 is 0 Å². The van der Waals surface area contributed by atoms with E-state index in [1.165, 1.54) is 22.7 Å². The molecule has 2 aromatic carbocycles. The number of hydrogen-bond donors (Lipinski definition) is 0. The van der Waals surface area contributed by atoms with E-state index in [9.17, 15) is 14.0 Å². The summed E-state index contributed by atoms with van der Waals surface area (Å²) in [4.78, 5) is 28.3. The van der Waals surface area contributed by atoms with Gasteiger partial charge in [0.1, 0.15) is 11.2 Å². The first-order valence-corrected chi connectivity index (χ1v) is 9.92. The minimum atomic E-state index is -0.391. The summed E-state index contributed by atoms with van der Waals surface area (Å²) in [6.45, 7) is 2.47. The summed E-state index contributed by atoms with van der Waals surface area (Å²) in [5, 5.41) is -0.253. The minimum absolute atomic E-state index is 0.0492. The molecule has 4 nitrogen and oxygen atoms in total. The van der Waals surface area contributed by atoms with E-state index in [4.69, 9.17) is 11.6 Å². The SMILES string of the molecule is C[C@@H]1S[C@H](c2ccccc2F)N(CCN(C)C(=O)c2ccccc2Cl)C1=O. The maximum atomic E-state index is 14.2. The lowest BCUT2D eigenvalue weighted by atomic mass is 10.2. The Morgan fingerprint density at radius 3 is 2.59 bits per heavy atom. The molecule has 27 heavy (non-hydrogen) atoms. The molecule has 1 fully saturated rings. The predicted octanol–water partition coefficient (Wildman–Crippen LogP) is 4.21. The zero-order chi connectivity index (χ0) is 19.6. The highest BCUT2D eigenvalue weighted by Gasteiger charge is 2.39. The summed E-state index contributed by atoms with van der Waals surface area (Å²) in [7, 11) is 1.67. The number of hydrogen-bond acceptors (Lipinski definition) is 3. The van der Waals surface area contributed by atoms with Gasteiger partial charge in [-0.3, -0.25) is 9.59 Å². The fourth-order valence-electron chi connectivity index (χ4n) is 3.02. The molecule has 2 atom stereocenters. The summed E-state index contributed by atoms with van der Waals surface area (Å²) in [6, 6.07) is 13.3. The first-order valence-electron chi connectivity index (χ1n) is 8.60. The molecule has 0 spiro atoms. The quantitative estimate of drug-likeness (QED) is 0.746. The van der Waals surface area contributed by atoms with Crippen molar-refractivity contribution in [3.05, 3.63) is 70.5 Å². The topological polar surface area (TPSA) is 40.6 Å². The lowest BCUT2D eigenvalue weighted by molar-refractivity contribution is -0.130. The molecule has 1 heterocycles. The van der Waals surface area contributed by atoms with Gasteiger partial charge in [-0.15, -0.1) is 11.8 Å². The van der Waals surface area contributed by atoms with E-state index < -0.39 is 5.37 Å². The number of amides is 2. The molecule has 0 radical (unpaired) electrons. The van der Waals surface area contributed by atoms with Gasteiger partial charge in [-0.05, 0) is 25.1 Å². The van der Waals surface area contributed by atoms with E-state index in [0.717, 1.165) is 0 Å². The monoisotopic (exact) mass is 406 g/mol. The maximum Gasteiger partial charge on any atom is 0.255 e. The lowest BCUT2D eigenvalue weighted by Gasteiger charge is -2.27. The van der Waals surface area contributed by atoms with Crippen LogP contribution >= 0.6 is 23.4 Å². The molecular weight excluding hydrogens is 387 g/mol. The largest absolute Gasteiger partial charge is 0.340 e. The van der Waals surface area contributed by atoms with Crippen molar-refractivity contribution in [1.82, 2.24) is 9.80 Å². The van der Waals surface area contributed by atoms with Gasteiger partial charge in [0.2, 0.25) is 5.91 Å². The third-order valence-corrected chi connectivity index (χ3v) is 6.25. The lowest BCUT2D eigenvalue weighted by Crippen LogP contribution is -2.39. The number of carbonyl (C=O) groups excluding carboxylic acids is 2. The molecule has 1 aliphatic rings. The van der Waals surface area contributed by atoms with Gasteiger partial charge in [0.15, 0.2) is 0 Å². The van der Waals surface area contributed by atoms with Crippen LogP contribution in [0.15, 0.2) is 48.5 Å². The number of rotatable bonds is 5. The Bertz CT molecular complexity index is 863. The average Bonchev–Trinajstić information content (AvgIpc) is 2.94. The van der Waals surface area contributed by atoms with Crippen LogP contribution in [0.25, 0.3) is 0 Å². The fourth-order valence-corrected chi connectivity index (χ4v) is 4.57. The Morgan fingerprint density at radius 1 is 1.22 bits per heavy atom. The molecule has 0 aromatic heterocycles. The van der Waals surface area contributed by atoms with Crippen molar-refractivity contribution >= 4 is 35.2 Å². The van der Waals surface area contributed by atoms with Crippen molar-refractivity contribution in [2.45, 2.75) is 17.5 Å². The standard InChI is InChI=1S/C20H20ClFN2O2S/c1-13-18(25)24(20(27-13)15-8-4-6-10-17(15)22)12-11-23(2)19(26)14-7-3-5-9-16(14)21/h3-10,13,20H,11-12H2,1-2H3/t13-,20+/m0/s1. The zero-order valence-corrected chi connectivity index (χ0v) is 16.6. The van der Waals surface area contributed by atoms with Gasteiger partial charge in [0.05, 0.1) is 15.8 Å². The Balaban J connectivity index is 1.73. The second kappa shape index (κ2) is 8.31. The molecule has 142 valence electrons. The third kappa shape index (κ3) is 4.12. The van der Waals surface area contributed by atoms with Crippen LogP contribution in [0.2, 0.25) is 5.02 Å². The third-order valence-electron chi connectivity index (χ3n) is 4.55. The van der Waals surface area contributed by atoms with Crippen LogP contribution in [-0.4, -0.2) is 47.0 Å². The number of thioether (sulfide) groups is 1. The van der Waals surface area contributed by atoms with Gasteiger partial charge in [-0.25, -0.2) is 4.39 Å². The number of likely N-dealkylation sites (N-methyl/N-ethyl adjacent to an activating group) is 1. The second-order valence-electron chi connectivity index (χ2n) is 6.39. The molecule has 1 aliphatic heterocycles. The number of halogens is 2. The van der Waals surface area contributed by atoms with E-state index in [2.05, 4.69) is 0 Å². The van der Waals surface area contributed by atoms with E-state index in [1.54, 1.807) is 54.4 Å². The highest BCUT2D eigenvalue weighted by Crippen LogP contribution is 2.43. The van der Waals surface area contributed by atoms with Gasteiger partial charge in [-0.1, -0.05) is 41.9 Å². The Morgan fingerprint density at radius 2 is 1.89 bits per heavy atom. The van der Waals surface area contributed by atoms with E-state index in [-0.39, 0.29) is 22.9 Å². The number of carbonyl (C=O) groups is 2. The molecule has 2 aromatic rings. The second-order valence-corrected chi connectivity index (χ2v) is 8.22. The van der Waals surface area contributed by atoms with Crippen molar-refractivity contribution < 1.29 is 14.0 Å². The first-order chi connectivity index (χ1) is 12.9. The highest BCUT2D eigenvalue weighted by molar-refractivity contribution is 8.01. The number of benzene rings is 2. The predicted molar refractivity (Wildman–Crippen MR) is 106 cm³/mol. The van der Waals surface area contributed by atoms with Gasteiger partial charge < -0.3 is 9.80 Å². The Hall–Kier alpha value is -2.05. The van der Waals surface area contributed by atoms with E-state index in [1.807, 2.05) is 6.92 Å². The molecule has 0 unspecified atom stereocenters. The van der Waals surface area contributed by atoms with Crippen LogP contribution in [0.4, 0.5) is 4.39 Å². The van der Waals surface area contributed by atoms with Crippen LogP contribution < -0.4 is 0 Å². The molecule has 2 amide bonds. The van der Waals surface area contributed by atoms with Crippen molar-refractivity contribution in [1.29, 1.82) is 0 Å². The average molecular weight is 407 g/mol. The van der Waals surface area contributed by atoms with Gasteiger partial charge in [-0.2, -0.15) is 0 Å². The summed E-state index contributed by atoms with van der Waals surface area (Å²) < 4.78 is 14.2. The molecule has 1 saturated heterocycles. The van der Waals surface area contributed by atoms with Crippen molar-refractivity contribution in [2.24, 2.45) is 0 Å². The van der Waals surface area contributed by atoms with Crippen molar-refractivity contribution in [3.63, 3.8) is 0 Å². The zero-order valence-electron chi connectivity index (χ0n) is 15.1. The molecule has 7 heteroatoms. The molecule has 0 saturated carbocycles. The number of nitrogens with zero attached hydrogens (tertiary/aromatic N) is 2. The van der Waals surface area contributed by atoms with Crippen LogP contribution in [0.5, 0.6) is 0 Å². The van der Waals surface area contributed by atoms with Crippen LogP contribution in [0.3, 0.4) is 0 Å². The molecule has 0 bridgehead atoms. The minimum Gasteiger partial charge on any atom is -0.340 e. The summed E-state index contributed by atoms with van der Waals surface area (Å²) >= 11 is 7.52. The molecule has 0 aliphatic carbocycles.